The molecule has 0 radical (unpaired) electrons. The number of hydrogen-bond acceptors (Lipinski definition) is 4. The van der Waals surface area contributed by atoms with Crippen molar-refractivity contribution in [2.75, 3.05) is 26.4 Å². The van der Waals surface area contributed by atoms with Crippen LogP contribution in [0.4, 0.5) is 0 Å². The molecule has 0 atom stereocenters. The van der Waals surface area contributed by atoms with Crippen LogP contribution < -0.4 is 0 Å². The van der Waals surface area contributed by atoms with Gasteiger partial charge in [-0.2, -0.15) is 0 Å². The molecule has 0 aliphatic carbocycles. The van der Waals surface area contributed by atoms with Gasteiger partial charge in [0.05, 0.1) is 11.1 Å². The van der Waals surface area contributed by atoms with E-state index in [-0.39, 0.29) is 24.3 Å². The van der Waals surface area contributed by atoms with Gasteiger partial charge in [0.15, 0.2) is 0 Å². The molecule has 0 spiro atoms. The molecule has 62 heavy (non-hydrogen) atoms. The van der Waals surface area contributed by atoms with Gasteiger partial charge < -0.3 is 19.7 Å². The van der Waals surface area contributed by atoms with Gasteiger partial charge in [0, 0.05) is 24.3 Å². The van der Waals surface area contributed by atoms with Gasteiger partial charge in [-0.05, 0) is 36.1 Å². The van der Waals surface area contributed by atoms with Crippen LogP contribution in [0.2, 0.25) is 0 Å². The van der Waals surface area contributed by atoms with E-state index >= 15 is 0 Å². The summed E-state index contributed by atoms with van der Waals surface area (Å²) in [5.41, 5.74) is 1.14. The van der Waals surface area contributed by atoms with Gasteiger partial charge in [-0.15, -0.1) is 0 Å². The molecule has 0 unspecified atom stereocenters. The number of aromatic carboxylic acids is 2. The zero-order valence-corrected chi connectivity index (χ0v) is 39.4. The first-order chi connectivity index (χ1) is 30.5. The van der Waals surface area contributed by atoms with Gasteiger partial charge in [-0.25, -0.2) is 9.59 Å². The van der Waals surface area contributed by atoms with E-state index in [4.69, 9.17) is 9.47 Å². The Morgan fingerprint density at radius 1 is 0.403 bits per heavy atom. The molecule has 0 fully saturated rings. The third-order valence-electron chi connectivity index (χ3n) is 11.9. The van der Waals surface area contributed by atoms with Crippen molar-refractivity contribution < 1.29 is 29.3 Å². The molecule has 346 valence electrons. The first-order valence-electron chi connectivity index (χ1n) is 25.4. The fourth-order valence-electron chi connectivity index (χ4n) is 8.24. The third-order valence-corrected chi connectivity index (χ3v) is 11.9. The first-order valence-corrected chi connectivity index (χ1v) is 25.4. The lowest BCUT2D eigenvalue weighted by Gasteiger charge is -2.12. The molecule has 0 aromatic heterocycles. The molecule has 0 saturated heterocycles. The second-order valence-corrected chi connectivity index (χ2v) is 17.4. The molecule has 6 nitrogen and oxygen atoms in total. The predicted molar refractivity (Wildman–Crippen MR) is 260 cm³/mol. The molecule has 2 aromatic carbocycles. The van der Waals surface area contributed by atoms with Crippen molar-refractivity contribution in [1.82, 2.24) is 0 Å². The largest absolute Gasteiger partial charge is 0.478 e. The fraction of sp³-hybridized carbons (Fsp3) is 0.679. The van der Waals surface area contributed by atoms with E-state index in [0.717, 1.165) is 25.7 Å². The maximum Gasteiger partial charge on any atom is 0.337 e. The Labute approximate surface area is 379 Å². The Bertz CT molecular complexity index is 1450. The van der Waals surface area contributed by atoms with E-state index in [0.29, 0.717) is 35.5 Å². The van der Waals surface area contributed by atoms with Crippen LogP contribution >= 0.6 is 0 Å². The second kappa shape index (κ2) is 39.0. The van der Waals surface area contributed by atoms with Crippen molar-refractivity contribution in [1.29, 1.82) is 0 Å². The highest BCUT2D eigenvalue weighted by Gasteiger charge is 2.22. The van der Waals surface area contributed by atoms with E-state index in [9.17, 15) is 19.8 Å². The molecule has 0 aliphatic rings. The minimum atomic E-state index is -1.17. The van der Waals surface area contributed by atoms with Gasteiger partial charge in [0.1, 0.15) is 13.2 Å². The number of carboxylic acids is 2. The predicted octanol–water partition coefficient (Wildman–Crippen LogP) is 16.0. The highest BCUT2D eigenvalue weighted by molar-refractivity contribution is 6.04. The van der Waals surface area contributed by atoms with Crippen LogP contribution in [-0.4, -0.2) is 48.6 Å². The van der Waals surface area contributed by atoms with Gasteiger partial charge >= 0.3 is 11.9 Å². The molecule has 0 heterocycles. The number of benzene rings is 2. The maximum atomic E-state index is 12.6. The first kappa shape index (κ1) is 54.6. The number of rotatable bonds is 39. The van der Waals surface area contributed by atoms with Crippen LogP contribution in [0.25, 0.3) is 11.1 Å². The van der Waals surface area contributed by atoms with Crippen molar-refractivity contribution in [2.24, 2.45) is 0 Å². The zero-order chi connectivity index (χ0) is 44.6. The normalized spacial score (nSPS) is 10.9. The van der Waals surface area contributed by atoms with Crippen LogP contribution in [0.15, 0.2) is 36.4 Å². The van der Waals surface area contributed by atoms with Crippen molar-refractivity contribution >= 4 is 11.9 Å². The Kier molecular flexibility index (Phi) is 34.4. The van der Waals surface area contributed by atoms with E-state index in [1.165, 1.54) is 180 Å². The number of ether oxygens (including phenoxy) is 2. The highest BCUT2D eigenvalue weighted by atomic mass is 16.5. The average Bonchev–Trinajstić information content (AvgIpc) is 3.27. The van der Waals surface area contributed by atoms with Crippen molar-refractivity contribution in [3.05, 3.63) is 58.7 Å². The molecule has 0 saturated carbocycles. The zero-order valence-electron chi connectivity index (χ0n) is 39.4. The maximum absolute atomic E-state index is 12.6. The highest BCUT2D eigenvalue weighted by Crippen LogP contribution is 2.31. The number of carbonyl (C=O) groups is 2. The van der Waals surface area contributed by atoms with Crippen molar-refractivity contribution in [3.8, 4) is 34.8 Å². The lowest BCUT2D eigenvalue weighted by molar-refractivity contribution is 0.0684. The monoisotopic (exact) mass is 855 g/mol. The molecule has 0 amide bonds. The molecule has 2 N–H and O–H groups in total. The summed E-state index contributed by atoms with van der Waals surface area (Å²) in [4.78, 5) is 25.1. The van der Waals surface area contributed by atoms with E-state index in [1.807, 2.05) is 0 Å². The average molecular weight is 855 g/mol. The quantitative estimate of drug-likeness (QED) is 0.0514. The molecular formula is C56H86O6. The summed E-state index contributed by atoms with van der Waals surface area (Å²) in [6.45, 7) is 6.20. The Balaban J connectivity index is 1.69. The number of carboxylic acid groups (broad SMARTS) is 2. The van der Waals surface area contributed by atoms with Crippen LogP contribution in [0.1, 0.15) is 251 Å². The summed E-state index contributed by atoms with van der Waals surface area (Å²) in [6, 6.07) is 9.97. The smallest absolute Gasteiger partial charge is 0.337 e. The van der Waals surface area contributed by atoms with Crippen LogP contribution in [0, 0.1) is 23.7 Å². The molecule has 2 rings (SSSR count). The lowest BCUT2D eigenvalue weighted by atomic mass is 9.90. The summed E-state index contributed by atoms with van der Waals surface area (Å²) >= 11 is 0. The van der Waals surface area contributed by atoms with Gasteiger partial charge in [-0.1, -0.05) is 254 Å². The fourth-order valence-corrected chi connectivity index (χ4v) is 8.24. The van der Waals surface area contributed by atoms with Crippen LogP contribution in [0.5, 0.6) is 0 Å². The molecule has 0 bridgehead atoms. The van der Waals surface area contributed by atoms with E-state index in [1.54, 1.807) is 36.4 Å². The lowest BCUT2D eigenvalue weighted by Crippen LogP contribution is -2.08. The van der Waals surface area contributed by atoms with Gasteiger partial charge in [-0.3, -0.25) is 0 Å². The van der Waals surface area contributed by atoms with E-state index in [2.05, 4.69) is 37.5 Å². The van der Waals surface area contributed by atoms with Crippen LogP contribution in [0.3, 0.4) is 0 Å². The number of hydrogen-bond donors (Lipinski definition) is 2. The Morgan fingerprint density at radius 3 is 0.919 bits per heavy atom. The van der Waals surface area contributed by atoms with Gasteiger partial charge in [0.2, 0.25) is 0 Å². The van der Waals surface area contributed by atoms with Crippen molar-refractivity contribution in [2.45, 2.75) is 219 Å². The summed E-state index contributed by atoms with van der Waals surface area (Å²) in [6.07, 6.45) is 42.3. The number of unbranched alkanes of at least 4 members (excludes halogenated alkanes) is 30. The molecule has 2 aromatic rings. The van der Waals surface area contributed by atoms with Crippen molar-refractivity contribution in [3.63, 3.8) is 0 Å². The molecule has 6 heteroatoms. The standard InChI is InChI=1S/C56H86O6/c1-3-5-7-9-11-13-15-17-19-21-23-25-27-29-31-33-45-61-47-37-41-49-39-35-43-51(53(49)55(57)58)52-44-36-40-50(54(52)56(59)60)42-38-48-62-46-34-32-30-28-26-24-22-20-18-16-14-12-10-8-6-4-2/h35-36,39-40,43-44H,3-34,45-48H2,1-2H3,(H,57,58)(H,59,60). The Morgan fingerprint density at radius 2 is 0.661 bits per heavy atom. The second-order valence-electron chi connectivity index (χ2n) is 17.4. The molecule has 0 aliphatic heterocycles. The van der Waals surface area contributed by atoms with E-state index < -0.39 is 11.9 Å². The summed E-state index contributed by atoms with van der Waals surface area (Å²) in [7, 11) is 0. The SMILES string of the molecule is CCCCCCCCCCCCCCCCCCOCC#Cc1cccc(-c2cccc(C#CCOCCCCCCCCCCCCCCCCCC)c2C(=O)O)c1C(=O)O. The topological polar surface area (TPSA) is 93.1 Å². The summed E-state index contributed by atoms with van der Waals surface area (Å²) in [5.74, 6) is 9.53. The summed E-state index contributed by atoms with van der Waals surface area (Å²) < 4.78 is 11.5. The minimum Gasteiger partial charge on any atom is -0.478 e. The summed E-state index contributed by atoms with van der Waals surface area (Å²) in [5, 5.41) is 20.5. The molecular weight excluding hydrogens is 769 g/mol. The Hall–Kier alpha value is -3.58. The third kappa shape index (κ3) is 26.8. The van der Waals surface area contributed by atoms with Crippen LogP contribution in [-0.2, 0) is 9.47 Å². The van der Waals surface area contributed by atoms with Gasteiger partial charge in [0.25, 0.3) is 0 Å². The minimum absolute atomic E-state index is 0.0347.